The molecule has 1 heteroatoms. The summed E-state index contributed by atoms with van der Waals surface area (Å²) in [7, 11) is 0. The zero-order valence-corrected chi connectivity index (χ0v) is 12.8. The highest BCUT2D eigenvalue weighted by Gasteiger charge is 2.56. The van der Waals surface area contributed by atoms with Crippen molar-refractivity contribution in [3.05, 3.63) is 48.0 Å². The molecule has 4 rings (SSSR count). The number of fused-ring (bicyclic) bond motifs is 5. The summed E-state index contributed by atoms with van der Waals surface area (Å²) in [6, 6.07) is 9.07. The molecule has 112 valence electrons. The topological polar surface area (TPSA) is 20.2 Å². The number of aliphatic hydroxyl groups excluding tert-OH is 1. The van der Waals surface area contributed by atoms with Crippen LogP contribution in [0.25, 0.3) is 0 Å². The number of aliphatic hydroxyl groups is 1. The van der Waals surface area contributed by atoms with Gasteiger partial charge in [-0.15, -0.1) is 6.58 Å². The van der Waals surface area contributed by atoms with Crippen molar-refractivity contribution < 1.29 is 5.11 Å². The molecule has 0 spiro atoms. The maximum absolute atomic E-state index is 10.6. The monoisotopic (exact) mass is 282 g/mol. The summed E-state index contributed by atoms with van der Waals surface area (Å²) in [6.07, 6.45) is 10.2. The van der Waals surface area contributed by atoms with Gasteiger partial charge in [-0.2, -0.15) is 0 Å². The lowest BCUT2D eigenvalue weighted by molar-refractivity contribution is -0.0345. The molecule has 3 aliphatic rings. The summed E-state index contributed by atoms with van der Waals surface area (Å²) in [6.45, 7) is 3.97. The molecule has 3 aliphatic carbocycles. The minimum absolute atomic E-state index is 0.0985. The molecule has 0 radical (unpaired) electrons. The van der Waals surface area contributed by atoms with Crippen LogP contribution in [0.2, 0.25) is 0 Å². The quantitative estimate of drug-likeness (QED) is 0.794. The molecule has 0 amide bonds. The summed E-state index contributed by atoms with van der Waals surface area (Å²) in [5, 5.41) is 10.6. The molecular formula is C20H26O. The van der Waals surface area contributed by atoms with Gasteiger partial charge in [-0.05, 0) is 73.8 Å². The Morgan fingerprint density at radius 1 is 1.19 bits per heavy atom. The van der Waals surface area contributed by atoms with Crippen molar-refractivity contribution >= 4 is 0 Å². The molecule has 1 N–H and O–H groups in total. The van der Waals surface area contributed by atoms with E-state index < -0.39 is 0 Å². The molecule has 2 fully saturated rings. The van der Waals surface area contributed by atoms with Crippen LogP contribution >= 0.6 is 0 Å². The fourth-order valence-corrected chi connectivity index (χ4v) is 5.96. The number of hydrogen-bond acceptors (Lipinski definition) is 1. The highest BCUT2D eigenvalue weighted by molar-refractivity contribution is 5.35. The second kappa shape index (κ2) is 4.98. The number of hydrogen-bond donors (Lipinski definition) is 1. The molecule has 0 heterocycles. The van der Waals surface area contributed by atoms with Gasteiger partial charge in [0.15, 0.2) is 0 Å². The first-order chi connectivity index (χ1) is 10.3. The highest BCUT2D eigenvalue weighted by atomic mass is 16.3. The SMILES string of the molecule is C=CC[C@]12CC[C@@H]3c4ccccc4CC[C@H]3[C@@H]1CC[C@@H]2O. The standard InChI is InChI=1S/C20H26O/c1-2-12-20-13-11-16-15-6-4-3-5-14(15)7-8-17(16)18(20)9-10-19(20)21/h2-6,16-19,21H,1,7-13H2/t16-,17-,18+,19+,20+/m1/s1. The fraction of sp³-hybridized carbons (Fsp3) is 0.600. The van der Waals surface area contributed by atoms with Gasteiger partial charge < -0.3 is 5.11 Å². The van der Waals surface area contributed by atoms with Gasteiger partial charge in [0.25, 0.3) is 0 Å². The Labute approximate surface area is 128 Å². The van der Waals surface area contributed by atoms with E-state index in [4.69, 9.17) is 0 Å². The lowest BCUT2D eigenvalue weighted by Crippen LogP contribution is -2.45. The van der Waals surface area contributed by atoms with Crippen LogP contribution in [0.5, 0.6) is 0 Å². The Balaban J connectivity index is 1.71. The van der Waals surface area contributed by atoms with Crippen molar-refractivity contribution in [2.75, 3.05) is 0 Å². The van der Waals surface area contributed by atoms with E-state index in [9.17, 15) is 5.11 Å². The molecule has 5 atom stereocenters. The number of aryl methyl sites for hydroxylation is 1. The van der Waals surface area contributed by atoms with E-state index in [2.05, 4.69) is 36.9 Å². The van der Waals surface area contributed by atoms with E-state index in [1.807, 2.05) is 0 Å². The zero-order chi connectivity index (χ0) is 14.4. The highest BCUT2D eigenvalue weighted by Crippen LogP contribution is 2.62. The van der Waals surface area contributed by atoms with Gasteiger partial charge in [0, 0.05) is 5.41 Å². The van der Waals surface area contributed by atoms with Gasteiger partial charge in [-0.1, -0.05) is 30.3 Å². The van der Waals surface area contributed by atoms with E-state index in [-0.39, 0.29) is 11.5 Å². The van der Waals surface area contributed by atoms with Crippen LogP contribution in [0, 0.1) is 17.3 Å². The molecule has 0 bridgehead atoms. The van der Waals surface area contributed by atoms with Crippen LogP contribution in [-0.2, 0) is 6.42 Å². The maximum Gasteiger partial charge on any atom is 0.0602 e. The number of rotatable bonds is 2. The van der Waals surface area contributed by atoms with Crippen molar-refractivity contribution in [2.45, 2.75) is 57.0 Å². The van der Waals surface area contributed by atoms with Gasteiger partial charge in [-0.25, -0.2) is 0 Å². The van der Waals surface area contributed by atoms with Crippen LogP contribution in [0.15, 0.2) is 36.9 Å². The van der Waals surface area contributed by atoms with Crippen molar-refractivity contribution in [2.24, 2.45) is 17.3 Å². The summed E-state index contributed by atoms with van der Waals surface area (Å²) in [5.74, 6) is 2.23. The molecule has 0 saturated heterocycles. The third kappa shape index (κ3) is 1.86. The van der Waals surface area contributed by atoms with Crippen LogP contribution in [0.4, 0.5) is 0 Å². The third-order valence-electron chi connectivity index (χ3n) is 6.83. The lowest BCUT2D eigenvalue weighted by Gasteiger charge is -2.51. The molecule has 0 unspecified atom stereocenters. The zero-order valence-electron chi connectivity index (χ0n) is 12.8. The molecule has 1 aromatic carbocycles. The molecule has 1 nitrogen and oxygen atoms in total. The molecule has 0 aliphatic heterocycles. The van der Waals surface area contributed by atoms with E-state index >= 15 is 0 Å². The van der Waals surface area contributed by atoms with Gasteiger partial charge in [0.1, 0.15) is 0 Å². The molecule has 1 aromatic rings. The summed E-state index contributed by atoms with van der Waals surface area (Å²) < 4.78 is 0. The van der Waals surface area contributed by atoms with E-state index in [1.54, 1.807) is 11.1 Å². The minimum Gasteiger partial charge on any atom is -0.393 e. The van der Waals surface area contributed by atoms with E-state index in [0.717, 1.165) is 24.7 Å². The smallest absolute Gasteiger partial charge is 0.0602 e. The van der Waals surface area contributed by atoms with Crippen LogP contribution in [-0.4, -0.2) is 11.2 Å². The Morgan fingerprint density at radius 2 is 2.05 bits per heavy atom. The van der Waals surface area contributed by atoms with Gasteiger partial charge in [0.2, 0.25) is 0 Å². The fourth-order valence-electron chi connectivity index (χ4n) is 5.96. The van der Waals surface area contributed by atoms with Crippen LogP contribution in [0.1, 0.15) is 55.6 Å². The third-order valence-corrected chi connectivity index (χ3v) is 6.83. The predicted molar refractivity (Wildman–Crippen MR) is 86.2 cm³/mol. The second-order valence-electron chi connectivity index (χ2n) is 7.47. The van der Waals surface area contributed by atoms with Gasteiger partial charge in [-0.3, -0.25) is 0 Å². The maximum atomic E-state index is 10.6. The number of allylic oxidation sites excluding steroid dienone is 1. The van der Waals surface area contributed by atoms with E-state index in [0.29, 0.717) is 5.92 Å². The molecule has 21 heavy (non-hydrogen) atoms. The van der Waals surface area contributed by atoms with E-state index in [1.165, 1.54) is 32.1 Å². The Kier molecular flexibility index (Phi) is 3.22. The van der Waals surface area contributed by atoms with Crippen LogP contribution in [0.3, 0.4) is 0 Å². The largest absolute Gasteiger partial charge is 0.393 e. The molecule has 2 saturated carbocycles. The summed E-state index contributed by atoms with van der Waals surface area (Å²) in [5.41, 5.74) is 3.34. The lowest BCUT2D eigenvalue weighted by atomic mass is 9.54. The summed E-state index contributed by atoms with van der Waals surface area (Å²) in [4.78, 5) is 0. The van der Waals surface area contributed by atoms with Crippen molar-refractivity contribution in [1.29, 1.82) is 0 Å². The predicted octanol–water partition coefficient (Wildman–Crippen LogP) is 4.46. The second-order valence-corrected chi connectivity index (χ2v) is 7.47. The van der Waals surface area contributed by atoms with Crippen molar-refractivity contribution in [3.8, 4) is 0 Å². The average Bonchev–Trinajstić information content (AvgIpc) is 2.85. The molecular weight excluding hydrogens is 256 g/mol. The average molecular weight is 282 g/mol. The van der Waals surface area contributed by atoms with Gasteiger partial charge in [0.05, 0.1) is 6.10 Å². The Morgan fingerprint density at radius 3 is 2.90 bits per heavy atom. The first-order valence-electron chi connectivity index (χ1n) is 8.63. The summed E-state index contributed by atoms with van der Waals surface area (Å²) >= 11 is 0. The Bertz CT molecular complexity index is 549. The molecule has 0 aromatic heterocycles. The van der Waals surface area contributed by atoms with Crippen molar-refractivity contribution in [1.82, 2.24) is 0 Å². The van der Waals surface area contributed by atoms with Crippen LogP contribution < -0.4 is 0 Å². The minimum atomic E-state index is -0.0985. The van der Waals surface area contributed by atoms with Crippen molar-refractivity contribution in [3.63, 3.8) is 0 Å². The van der Waals surface area contributed by atoms with Gasteiger partial charge >= 0.3 is 0 Å². The first kappa shape index (κ1) is 13.6. The number of benzene rings is 1. The Hall–Kier alpha value is -1.08. The first-order valence-corrected chi connectivity index (χ1v) is 8.63. The normalized spacial score (nSPS) is 41.0.